The molecule has 22 heavy (non-hydrogen) atoms. The summed E-state index contributed by atoms with van der Waals surface area (Å²) in [6, 6.07) is 0. The predicted octanol–water partition coefficient (Wildman–Crippen LogP) is 1.85. The number of ether oxygens (including phenoxy) is 3. The van der Waals surface area contributed by atoms with Gasteiger partial charge >= 0.3 is 0 Å². The van der Waals surface area contributed by atoms with Gasteiger partial charge in [0.15, 0.2) is 0 Å². The SMILES string of the molecule is CCCCOCCO.CCOCC.CCOCC.OCCO. The number of rotatable bonds is 10. The quantitative estimate of drug-likeness (QED) is 0.530. The molecule has 3 N–H and O–H groups in total. The van der Waals surface area contributed by atoms with Crippen LogP contribution < -0.4 is 0 Å². The van der Waals surface area contributed by atoms with E-state index in [0.29, 0.717) is 6.61 Å². The van der Waals surface area contributed by atoms with E-state index < -0.39 is 0 Å². The molecule has 0 aliphatic heterocycles. The summed E-state index contributed by atoms with van der Waals surface area (Å²) in [7, 11) is 0. The Morgan fingerprint density at radius 2 is 0.955 bits per heavy atom. The second-order valence-electron chi connectivity index (χ2n) is 3.70. The van der Waals surface area contributed by atoms with Crippen LogP contribution in [0.5, 0.6) is 0 Å². The maximum atomic E-state index is 8.24. The summed E-state index contributed by atoms with van der Waals surface area (Å²) in [5.74, 6) is 0. The highest BCUT2D eigenvalue weighted by molar-refractivity contribution is 4.30. The molecular weight excluding hydrogens is 288 g/mol. The molecule has 6 heteroatoms. The number of hydrogen-bond acceptors (Lipinski definition) is 6. The van der Waals surface area contributed by atoms with Crippen molar-refractivity contribution in [2.24, 2.45) is 0 Å². The summed E-state index contributed by atoms with van der Waals surface area (Å²) in [5.41, 5.74) is 0. The van der Waals surface area contributed by atoms with Gasteiger partial charge in [0.05, 0.1) is 26.4 Å². The summed E-state index contributed by atoms with van der Waals surface area (Å²) >= 11 is 0. The Bertz CT molecular complexity index is 107. The fourth-order valence-electron chi connectivity index (χ4n) is 0.821. The molecule has 0 radical (unpaired) electrons. The van der Waals surface area contributed by atoms with Crippen molar-refractivity contribution >= 4 is 0 Å². The summed E-state index contributed by atoms with van der Waals surface area (Å²) < 4.78 is 14.6. The second-order valence-corrected chi connectivity index (χ2v) is 3.70. The first kappa shape index (κ1) is 29.7. The van der Waals surface area contributed by atoms with E-state index in [-0.39, 0.29) is 19.8 Å². The van der Waals surface area contributed by atoms with Crippen molar-refractivity contribution in [2.75, 3.05) is 59.5 Å². The largest absolute Gasteiger partial charge is 0.394 e. The molecule has 0 heterocycles. The zero-order valence-corrected chi connectivity index (χ0v) is 15.3. The van der Waals surface area contributed by atoms with Crippen molar-refractivity contribution in [3.63, 3.8) is 0 Å². The van der Waals surface area contributed by atoms with E-state index in [4.69, 9.17) is 29.5 Å². The van der Waals surface area contributed by atoms with Crippen LogP contribution in [0.25, 0.3) is 0 Å². The van der Waals surface area contributed by atoms with Crippen LogP contribution in [-0.2, 0) is 14.2 Å². The predicted molar refractivity (Wildman–Crippen MR) is 91.3 cm³/mol. The van der Waals surface area contributed by atoms with Gasteiger partial charge in [-0.15, -0.1) is 0 Å². The number of unbranched alkanes of at least 4 members (excludes halogenated alkanes) is 1. The molecule has 0 aromatic rings. The molecule has 0 spiro atoms. The Hall–Kier alpha value is -0.240. The number of aliphatic hydroxyl groups is 3. The summed E-state index contributed by atoms with van der Waals surface area (Å²) in [4.78, 5) is 0. The molecule has 0 saturated carbocycles. The number of aliphatic hydroxyl groups excluding tert-OH is 3. The summed E-state index contributed by atoms with van der Waals surface area (Å²) in [6.07, 6.45) is 2.26. The average Bonchev–Trinajstić information content (AvgIpc) is 2.55. The molecule has 0 atom stereocenters. The Morgan fingerprint density at radius 3 is 1.14 bits per heavy atom. The molecule has 140 valence electrons. The van der Waals surface area contributed by atoms with E-state index in [2.05, 4.69) is 6.92 Å². The smallest absolute Gasteiger partial charge is 0.0697 e. The van der Waals surface area contributed by atoms with Crippen LogP contribution in [0.15, 0.2) is 0 Å². The van der Waals surface area contributed by atoms with Crippen LogP contribution >= 0.6 is 0 Å². The van der Waals surface area contributed by atoms with Gasteiger partial charge in [-0.25, -0.2) is 0 Å². The zero-order chi connectivity index (χ0) is 17.9. The monoisotopic (exact) mass is 328 g/mol. The van der Waals surface area contributed by atoms with Crippen LogP contribution in [0.4, 0.5) is 0 Å². The fourth-order valence-corrected chi connectivity index (χ4v) is 0.821. The minimum atomic E-state index is -0.125. The highest BCUT2D eigenvalue weighted by Gasteiger charge is 1.82. The highest BCUT2D eigenvalue weighted by Crippen LogP contribution is 1.85. The summed E-state index contributed by atoms with van der Waals surface area (Å²) in [5, 5.41) is 23.5. The van der Waals surface area contributed by atoms with Gasteiger partial charge in [-0.1, -0.05) is 13.3 Å². The molecule has 0 fully saturated rings. The van der Waals surface area contributed by atoms with Crippen LogP contribution in [0.2, 0.25) is 0 Å². The number of hydrogen-bond donors (Lipinski definition) is 3. The first-order valence-electron chi connectivity index (χ1n) is 8.22. The van der Waals surface area contributed by atoms with Gasteiger partial charge in [0.1, 0.15) is 0 Å². The third-order valence-corrected chi connectivity index (χ3v) is 1.79. The van der Waals surface area contributed by atoms with Gasteiger partial charge in [-0.05, 0) is 34.1 Å². The second kappa shape index (κ2) is 42.8. The third-order valence-electron chi connectivity index (χ3n) is 1.79. The van der Waals surface area contributed by atoms with Crippen molar-refractivity contribution in [3.05, 3.63) is 0 Å². The Kier molecular flexibility index (Phi) is 57.9. The van der Waals surface area contributed by atoms with Gasteiger partial charge in [0.2, 0.25) is 0 Å². The molecular formula is C16H40O6. The zero-order valence-electron chi connectivity index (χ0n) is 15.3. The van der Waals surface area contributed by atoms with Gasteiger partial charge in [0, 0.05) is 33.0 Å². The van der Waals surface area contributed by atoms with E-state index >= 15 is 0 Å². The maximum absolute atomic E-state index is 8.24. The molecule has 0 aromatic heterocycles. The van der Waals surface area contributed by atoms with Gasteiger partial charge < -0.3 is 29.5 Å². The lowest BCUT2D eigenvalue weighted by Crippen LogP contribution is -1.99. The van der Waals surface area contributed by atoms with Crippen LogP contribution in [-0.4, -0.2) is 74.8 Å². The van der Waals surface area contributed by atoms with E-state index in [0.717, 1.165) is 45.9 Å². The molecule has 0 unspecified atom stereocenters. The molecule has 0 aliphatic carbocycles. The average molecular weight is 328 g/mol. The van der Waals surface area contributed by atoms with E-state index in [1.165, 1.54) is 0 Å². The van der Waals surface area contributed by atoms with Crippen molar-refractivity contribution in [3.8, 4) is 0 Å². The van der Waals surface area contributed by atoms with Crippen molar-refractivity contribution < 1.29 is 29.5 Å². The van der Waals surface area contributed by atoms with Crippen LogP contribution in [0.3, 0.4) is 0 Å². The standard InChI is InChI=1S/C6H14O2.2C4H10O.C2H6O2/c1-2-3-5-8-6-4-7;2*1-3-5-4-2;3-1-2-4/h7H,2-6H2,1H3;2*3-4H2,1-2H3;3-4H,1-2H2. The lowest BCUT2D eigenvalue weighted by molar-refractivity contribution is 0.0904. The molecule has 0 saturated heterocycles. The topological polar surface area (TPSA) is 88.4 Å². The normalized spacial score (nSPS) is 8.73. The minimum absolute atomic E-state index is 0.125. The molecule has 0 bridgehead atoms. The molecule has 6 nitrogen and oxygen atoms in total. The first-order valence-corrected chi connectivity index (χ1v) is 8.22. The van der Waals surface area contributed by atoms with E-state index in [1.54, 1.807) is 0 Å². The lowest BCUT2D eigenvalue weighted by atomic mass is 10.4. The Balaban J connectivity index is -0.000000102. The van der Waals surface area contributed by atoms with Gasteiger partial charge in [-0.3, -0.25) is 0 Å². The lowest BCUT2D eigenvalue weighted by Gasteiger charge is -1.97. The minimum Gasteiger partial charge on any atom is -0.394 e. The Labute approximate surface area is 137 Å². The van der Waals surface area contributed by atoms with Gasteiger partial charge in [0.25, 0.3) is 0 Å². The third kappa shape index (κ3) is 73.0. The fraction of sp³-hybridized carbons (Fsp3) is 1.00. The molecule has 0 aromatic carbocycles. The highest BCUT2D eigenvalue weighted by atomic mass is 16.5. The van der Waals surface area contributed by atoms with E-state index in [9.17, 15) is 0 Å². The maximum Gasteiger partial charge on any atom is 0.0697 e. The van der Waals surface area contributed by atoms with Crippen LogP contribution in [0, 0.1) is 0 Å². The first-order chi connectivity index (χ1) is 10.7. The van der Waals surface area contributed by atoms with Gasteiger partial charge in [-0.2, -0.15) is 0 Å². The molecule has 0 rings (SSSR count). The van der Waals surface area contributed by atoms with Crippen molar-refractivity contribution in [1.82, 2.24) is 0 Å². The van der Waals surface area contributed by atoms with Crippen molar-refractivity contribution in [1.29, 1.82) is 0 Å². The van der Waals surface area contributed by atoms with E-state index in [1.807, 2.05) is 27.7 Å². The van der Waals surface area contributed by atoms with Crippen molar-refractivity contribution in [2.45, 2.75) is 47.5 Å². The molecule has 0 aliphatic rings. The Morgan fingerprint density at radius 1 is 0.545 bits per heavy atom. The van der Waals surface area contributed by atoms with Crippen LogP contribution in [0.1, 0.15) is 47.5 Å². The summed E-state index contributed by atoms with van der Waals surface area (Å²) in [6.45, 7) is 14.6. The molecule has 0 amide bonds.